The molecule has 1 aromatic carbocycles. The van der Waals surface area contributed by atoms with Crippen LogP contribution in [0, 0.1) is 5.92 Å². The van der Waals surface area contributed by atoms with E-state index in [-0.39, 0.29) is 17.7 Å². The summed E-state index contributed by atoms with van der Waals surface area (Å²) >= 11 is 0. The van der Waals surface area contributed by atoms with Gasteiger partial charge >= 0.3 is 0 Å². The Hall–Kier alpha value is -2.04. The summed E-state index contributed by atoms with van der Waals surface area (Å²) in [4.78, 5) is 28.2. The Morgan fingerprint density at radius 3 is 2.76 bits per heavy atom. The first kappa shape index (κ1) is 13.9. The minimum absolute atomic E-state index is 0.0146. The molecule has 2 amide bonds. The maximum atomic E-state index is 12.4. The SMILES string of the molecule is COc1cccc(N2C[C@H](C(=O)N3CCCC3)CC2=O)c1. The zero-order valence-corrected chi connectivity index (χ0v) is 12.2. The maximum absolute atomic E-state index is 12.4. The molecule has 5 nitrogen and oxygen atoms in total. The molecule has 2 fully saturated rings. The fraction of sp³-hybridized carbons (Fsp3) is 0.500. The Morgan fingerprint density at radius 2 is 2.05 bits per heavy atom. The van der Waals surface area contributed by atoms with E-state index in [2.05, 4.69) is 0 Å². The lowest BCUT2D eigenvalue weighted by molar-refractivity contribution is -0.134. The van der Waals surface area contributed by atoms with Crippen molar-refractivity contribution >= 4 is 17.5 Å². The van der Waals surface area contributed by atoms with Gasteiger partial charge in [-0.1, -0.05) is 6.07 Å². The molecule has 2 aliphatic heterocycles. The number of rotatable bonds is 3. The Labute approximate surface area is 124 Å². The van der Waals surface area contributed by atoms with Crippen molar-refractivity contribution in [3.05, 3.63) is 24.3 Å². The van der Waals surface area contributed by atoms with Gasteiger partial charge in [0.05, 0.1) is 13.0 Å². The number of carbonyl (C=O) groups is 2. The second-order valence-electron chi connectivity index (χ2n) is 5.64. The van der Waals surface area contributed by atoms with Crippen LogP contribution < -0.4 is 9.64 Å². The van der Waals surface area contributed by atoms with Gasteiger partial charge in [-0.2, -0.15) is 0 Å². The molecular weight excluding hydrogens is 268 g/mol. The van der Waals surface area contributed by atoms with E-state index in [1.165, 1.54) is 0 Å². The number of benzene rings is 1. The lowest BCUT2D eigenvalue weighted by Gasteiger charge is -2.20. The zero-order valence-electron chi connectivity index (χ0n) is 12.2. The van der Waals surface area contributed by atoms with E-state index in [9.17, 15) is 9.59 Å². The summed E-state index contributed by atoms with van der Waals surface area (Å²) in [6.07, 6.45) is 2.46. The van der Waals surface area contributed by atoms with Gasteiger partial charge in [0.2, 0.25) is 11.8 Å². The molecule has 112 valence electrons. The normalized spacial score (nSPS) is 22.0. The predicted molar refractivity (Wildman–Crippen MR) is 79.3 cm³/mol. The van der Waals surface area contributed by atoms with Gasteiger partial charge < -0.3 is 14.5 Å². The fourth-order valence-corrected chi connectivity index (χ4v) is 3.10. The van der Waals surface area contributed by atoms with Crippen molar-refractivity contribution in [3.63, 3.8) is 0 Å². The summed E-state index contributed by atoms with van der Waals surface area (Å²) < 4.78 is 5.19. The Bertz CT molecular complexity index is 552. The minimum atomic E-state index is -0.207. The standard InChI is InChI=1S/C16H20N2O3/c1-21-14-6-4-5-13(10-14)18-11-12(9-15(18)19)16(20)17-7-2-3-8-17/h4-6,10,12H,2-3,7-9,11H2,1H3/t12-/m1/s1. The van der Waals surface area contributed by atoms with Crippen molar-refractivity contribution in [2.24, 2.45) is 5.92 Å². The van der Waals surface area contributed by atoms with Crippen molar-refractivity contribution in [1.82, 2.24) is 4.90 Å². The molecule has 1 atom stereocenters. The zero-order chi connectivity index (χ0) is 14.8. The molecule has 0 spiro atoms. The van der Waals surface area contributed by atoms with Gasteiger partial charge in [0.25, 0.3) is 0 Å². The number of nitrogens with zero attached hydrogens (tertiary/aromatic N) is 2. The fourth-order valence-electron chi connectivity index (χ4n) is 3.10. The molecule has 0 aliphatic carbocycles. The van der Waals surface area contributed by atoms with Crippen molar-refractivity contribution in [2.45, 2.75) is 19.3 Å². The van der Waals surface area contributed by atoms with Crippen LogP contribution in [0.25, 0.3) is 0 Å². The van der Waals surface area contributed by atoms with Crippen LogP contribution >= 0.6 is 0 Å². The van der Waals surface area contributed by atoms with Crippen LogP contribution in [0.15, 0.2) is 24.3 Å². The first-order valence-corrected chi connectivity index (χ1v) is 7.42. The van der Waals surface area contributed by atoms with Gasteiger partial charge in [0.15, 0.2) is 0 Å². The summed E-state index contributed by atoms with van der Waals surface area (Å²) in [5, 5.41) is 0. The number of carbonyl (C=O) groups excluding carboxylic acids is 2. The van der Waals surface area contributed by atoms with Gasteiger partial charge in [0.1, 0.15) is 5.75 Å². The number of hydrogen-bond acceptors (Lipinski definition) is 3. The van der Waals surface area contributed by atoms with Gasteiger partial charge in [-0.05, 0) is 25.0 Å². The van der Waals surface area contributed by atoms with Crippen LogP contribution in [0.4, 0.5) is 5.69 Å². The lowest BCUT2D eigenvalue weighted by Crippen LogP contribution is -2.35. The predicted octanol–water partition coefficient (Wildman–Crippen LogP) is 1.67. The highest BCUT2D eigenvalue weighted by Crippen LogP contribution is 2.29. The average Bonchev–Trinajstić information content (AvgIpc) is 3.16. The number of anilines is 1. The Balaban J connectivity index is 1.73. The molecule has 21 heavy (non-hydrogen) atoms. The quantitative estimate of drug-likeness (QED) is 0.850. The highest BCUT2D eigenvalue weighted by molar-refractivity contribution is 6.00. The van der Waals surface area contributed by atoms with Crippen molar-refractivity contribution < 1.29 is 14.3 Å². The lowest BCUT2D eigenvalue weighted by atomic mass is 10.1. The molecule has 0 bridgehead atoms. The first-order chi connectivity index (χ1) is 10.2. The molecule has 2 saturated heterocycles. The maximum Gasteiger partial charge on any atom is 0.228 e. The van der Waals surface area contributed by atoms with Crippen LogP contribution in [0.2, 0.25) is 0 Å². The van der Waals surface area contributed by atoms with Crippen LogP contribution in [0.5, 0.6) is 5.75 Å². The molecule has 0 aromatic heterocycles. The van der Waals surface area contributed by atoms with E-state index in [4.69, 9.17) is 4.74 Å². The second-order valence-corrected chi connectivity index (χ2v) is 5.64. The Kier molecular flexibility index (Phi) is 3.82. The van der Waals surface area contributed by atoms with Crippen LogP contribution in [0.3, 0.4) is 0 Å². The number of ether oxygens (including phenoxy) is 1. The average molecular weight is 288 g/mol. The van der Waals surface area contributed by atoms with E-state index in [0.29, 0.717) is 13.0 Å². The number of hydrogen-bond donors (Lipinski definition) is 0. The topological polar surface area (TPSA) is 49.9 Å². The molecule has 3 rings (SSSR count). The molecule has 5 heteroatoms. The van der Waals surface area contributed by atoms with Crippen molar-refractivity contribution in [3.8, 4) is 5.75 Å². The molecule has 0 saturated carbocycles. The molecule has 2 heterocycles. The summed E-state index contributed by atoms with van der Waals surface area (Å²) in [5.74, 6) is 0.656. The third kappa shape index (κ3) is 2.73. The van der Waals surface area contributed by atoms with Gasteiger partial charge in [-0.15, -0.1) is 0 Å². The van der Waals surface area contributed by atoms with Crippen molar-refractivity contribution in [1.29, 1.82) is 0 Å². The molecule has 1 aromatic rings. The van der Waals surface area contributed by atoms with Crippen LogP contribution in [-0.4, -0.2) is 43.5 Å². The van der Waals surface area contributed by atoms with Gasteiger partial charge in [0, 0.05) is 37.8 Å². The largest absolute Gasteiger partial charge is 0.497 e. The summed E-state index contributed by atoms with van der Waals surface area (Å²) in [5.41, 5.74) is 0.802. The number of likely N-dealkylation sites (tertiary alicyclic amines) is 1. The molecule has 0 unspecified atom stereocenters. The van der Waals surface area contributed by atoms with E-state index in [1.54, 1.807) is 12.0 Å². The third-order valence-corrected chi connectivity index (χ3v) is 4.26. The van der Waals surface area contributed by atoms with Gasteiger partial charge in [-0.25, -0.2) is 0 Å². The molecular formula is C16H20N2O3. The number of methoxy groups -OCH3 is 1. The van der Waals surface area contributed by atoms with E-state index < -0.39 is 0 Å². The molecule has 2 aliphatic rings. The summed E-state index contributed by atoms with van der Waals surface area (Å²) in [6.45, 7) is 2.15. The minimum Gasteiger partial charge on any atom is -0.497 e. The van der Waals surface area contributed by atoms with E-state index in [0.717, 1.165) is 37.4 Å². The number of amides is 2. The summed E-state index contributed by atoms with van der Waals surface area (Å²) in [7, 11) is 1.60. The highest BCUT2D eigenvalue weighted by Gasteiger charge is 2.37. The third-order valence-electron chi connectivity index (χ3n) is 4.26. The molecule has 0 radical (unpaired) electrons. The van der Waals surface area contributed by atoms with E-state index in [1.807, 2.05) is 29.2 Å². The van der Waals surface area contributed by atoms with Crippen LogP contribution in [-0.2, 0) is 9.59 Å². The Morgan fingerprint density at radius 1 is 1.29 bits per heavy atom. The first-order valence-electron chi connectivity index (χ1n) is 7.42. The van der Waals surface area contributed by atoms with Gasteiger partial charge in [-0.3, -0.25) is 9.59 Å². The summed E-state index contributed by atoms with van der Waals surface area (Å²) in [6, 6.07) is 7.41. The molecule has 0 N–H and O–H groups in total. The monoisotopic (exact) mass is 288 g/mol. The smallest absolute Gasteiger partial charge is 0.228 e. The highest BCUT2D eigenvalue weighted by atomic mass is 16.5. The van der Waals surface area contributed by atoms with Crippen molar-refractivity contribution in [2.75, 3.05) is 31.6 Å². The van der Waals surface area contributed by atoms with E-state index >= 15 is 0 Å². The van der Waals surface area contributed by atoms with Crippen LogP contribution in [0.1, 0.15) is 19.3 Å². The second kappa shape index (κ2) is 5.76.